The van der Waals surface area contributed by atoms with Crippen molar-refractivity contribution >= 4 is 17.6 Å². The lowest BCUT2D eigenvalue weighted by Gasteiger charge is -2.24. The maximum absolute atomic E-state index is 14.1. The van der Waals surface area contributed by atoms with Gasteiger partial charge in [-0.1, -0.05) is 28.9 Å². The van der Waals surface area contributed by atoms with Crippen molar-refractivity contribution in [2.24, 2.45) is 0 Å². The molecule has 0 saturated carbocycles. The van der Waals surface area contributed by atoms with Gasteiger partial charge in [0.15, 0.2) is 11.6 Å². The van der Waals surface area contributed by atoms with Crippen LogP contribution >= 0.6 is 11.6 Å². The lowest BCUT2D eigenvalue weighted by Crippen LogP contribution is -2.16. The SMILES string of the molecule is COc1cccc([C@H]2O[C@H](CCc3noc(CCC(=O)O)n3)c3nnc(C(F)(F)F)n3-c3ccc(Cl)cc32)c1C. The Morgan fingerprint density at radius 1 is 1.18 bits per heavy atom. The van der Waals surface area contributed by atoms with E-state index >= 15 is 0 Å². The highest BCUT2D eigenvalue weighted by atomic mass is 35.5. The molecule has 10 nitrogen and oxygen atoms in total. The molecule has 3 heterocycles. The van der Waals surface area contributed by atoms with E-state index in [1.54, 1.807) is 18.2 Å². The van der Waals surface area contributed by atoms with Crippen molar-refractivity contribution in [3.8, 4) is 11.4 Å². The number of hydrogen-bond acceptors (Lipinski definition) is 8. The molecule has 0 fully saturated rings. The van der Waals surface area contributed by atoms with Crippen molar-refractivity contribution in [3.05, 3.63) is 81.5 Å². The van der Waals surface area contributed by atoms with Gasteiger partial charge in [0.1, 0.15) is 18.0 Å². The van der Waals surface area contributed by atoms with Crippen molar-refractivity contribution in [3.63, 3.8) is 0 Å². The molecule has 4 aromatic rings. The van der Waals surface area contributed by atoms with Gasteiger partial charge >= 0.3 is 12.1 Å². The van der Waals surface area contributed by atoms with Gasteiger partial charge in [0.05, 0.1) is 19.2 Å². The van der Waals surface area contributed by atoms with Gasteiger partial charge in [-0.05, 0) is 48.7 Å². The van der Waals surface area contributed by atoms with Gasteiger partial charge in [0.2, 0.25) is 11.7 Å². The van der Waals surface area contributed by atoms with Crippen molar-refractivity contribution in [2.45, 2.75) is 51.0 Å². The number of carbonyl (C=O) groups is 1. The van der Waals surface area contributed by atoms with Crippen molar-refractivity contribution in [2.75, 3.05) is 7.11 Å². The van der Waals surface area contributed by atoms with E-state index in [2.05, 4.69) is 20.3 Å². The highest BCUT2D eigenvalue weighted by molar-refractivity contribution is 6.30. The summed E-state index contributed by atoms with van der Waals surface area (Å²) in [7, 11) is 1.53. The van der Waals surface area contributed by atoms with E-state index in [-0.39, 0.29) is 48.9 Å². The number of aryl methyl sites for hydroxylation is 2. The number of rotatable bonds is 8. The van der Waals surface area contributed by atoms with Crippen molar-refractivity contribution in [1.29, 1.82) is 0 Å². The summed E-state index contributed by atoms with van der Waals surface area (Å²) < 4.78 is 60.5. The summed E-state index contributed by atoms with van der Waals surface area (Å²) in [6.07, 6.45) is -6.48. The molecule has 40 heavy (non-hydrogen) atoms. The van der Waals surface area contributed by atoms with Gasteiger partial charge in [-0.15, -0.1) is 10.2 Å². The normalized spacial score (nSPS) is 16.8. The van der Waals surface area contributed by atoms with Crippen LogP contribution in [-0.4, -0.2) is 43.1 Å². The second kappa shape index (κ2) is 10.9. The van der Waals surface area contributed by atoms with Crippen LogP contribution in [0.15, 0.2) is 40.9 Å². The van der Waals surface area contributed by atoms with Crippen LogP contribution in [0.25, 0.3) is 5.69 Å². The van der Waals surface area contributed by atoms with Gasteiger partial charge in [0.25, 0.3) is 0 Å². The van der Waals surface area contributed by atoms with E-state index in [4.69, 9.17) is 30.7 Å². The molecule has 2 aromatic carbocycles. The largest absolute Gasteiger partial charge is 0.496 e. The molecule has 0 radical (unpaired) electrons. The number of hydrogen-bond donors (Lipinski definition) is 1. The van der Waals surface area contributed by atoms with Gasteiger partial charge < -0.3 is 19.1 Å². The first-order chi connectivity index (χ1) is 19.1. The van der Waals surface area contributed by atoms with E-state index in [0.717, 1.165) is 10.1 Å². The first kappa shape index (κ1) is 27.6. The Balaban J connectivity index is 1.59. The number of nitrogens with zero attached hydrogens (tertiary/aromatic N) is 5. The molecule has 2 aromatic heterocycles. The molecule has 1 aliphatic rings. The van der Waals surface area contributed by atoms with Crippen LogP contribution < -0.4 is 4.74 Å². The van der Waals surface area contributed by atoms with Crippen LogP contribution in [0.5, 0.6) is 5.75 Å². The van der Waals surface area contributed by atoms with Gasteiger partial charge in [-0.2, -0.15) is 18.2 Å². The number of fused-ring (bicyclic) bond motifs is 3. The van der Waals surface area contributed by atoms with Gasteiger partial charge in [-0.3, -0.25) is 9.36 Å². The summed E-state index contributed by atoms with van der Waals surface area (Å²) in [6.45, 7) is 1.83. The van der Waals surface area contributed by atoms with Crippen molar-refractivity contribution < 1.29 is 37.1 Å². The second-order valence-corrected chi connectivity index (χ2v) is 9.57. The third-order valence-corrected chi connectivity index (χ3v) is 6.80. The Bertz CT molecular complexity index is 1550. The first-order valence-electron chi connectivity index (χ1n) is 12.2. The number of methoxy groups -OCH3 is 1. The molecule has 14 heteroatoms. The average Bonchev–Trinajstić information content (AvgIpc) is 3.53. The molecule has 210 valence electrons. The maximum Gasteiger partial charge on any atom is 0.452 e. The monoisotopic (exact) mass is 577 g/mol. The summed E-state index contributed by atoms with van der Waals surface area (Å²) in [4.78, 5) is 15.0. The third-order valence-electron chi connectivity index (χ3n) is 6.56. The molecule has 2 atom stereocenters. The smallest absolute Gasteiger partial charge is 0.452 e. The number of carboxylic acids is 1. The van der Waals surface area contributed by atoms with Crippen molar-refractivity contribution in [1.82, 2.24) is 24.9 Å². The standard InChI is InChI=1S/C26H23ClF3N5O5/c1-13-15(4-3-5-18(13)38-2)23-16-12-14(27)6-7-17(16)35-24(32-33-25(35)26(28,29)30)19(39-23)8-9-20-31-21(40-34-20)10-11-22(36)37/h3-7,12,19,23H,8-11H2,1-2H3,(H,36,37)/t19-,23-/m1/s1. The zero-order chi connectivity index (χ0) is 28.6. The van der Waals surface area contributed by atoms with E-state index in [0.29, 0.717) is 21.9 Å². The minimum Gasteiger partial charge on any atom is -0.496 e. The molecule has 1 aliphatic heterocycles. The molecule has 1 N–H and O–H groups in total. The van der Waals surface area contributed by atoms with Gasteiger partial charge in [-0.25, -0.2) is 0 Å². The predicted octanol–water partition coefficient (Wildman–Crippen LogP) is 5.45. The predicted molar refractivity (Wildman–Crippen MR) is 133 cm³/mol. The third kappa shape index (κ3) is 5.39. The Morgan fingerprint density at radius 3 is 2.70 bits per heavy atom. The fraction of sp³-hybridized carbons (Fsp3) is 0.346. The lowest BCUT2D eigenvalue weighted by atomic mass is 9.95. The molecule has 0 unspecified atom stereocenters. The van der Waals surface area contributed by atoms with Crippen LogP contribution in [0.2, 0.25) is 5.02 Å². The quantitative estimate of drug-likeness (QED) is 0.291. The molecule has 0 amide bonds. The summed E-state index contributed by atoms with van der Waals surface area (Å²) in [5, 5.41) is 20.5. The lowest BCUT2D eigenvalue weighted by molar-refractivity contribution is -0.146. The summed E-state index contributed by atoms with van der Waals surface area (Å²) in [5.74, 6) is -1.27. The number of carboxylic acid groups (broad SMARTS) is 1. The molecule has 5 rings (SSSR count). The summed E-state index contributed by atoms with van der Waals surface area (Å²) >= 11 is 6.33. The summed E-state index contributed by atoms with van der Waals surface area (Å²) in [6, 6.07) is 9.92. The number of aromatic nitrogens is 5. The number of benzene rings is 2. The molecule has 0 bridgehead atoms. The van der Waals surface area contributed by atoms with E-state index in [1.165, 1.54) is 19.2 Å². The van der Waals surface area contributed by atoms with Crippen LogP contribution in [0.1, 0.15) is 65.1 Å². The first-order valence-corrected chi connectivity index (χ1v) is 12.6. The van der Waals surface area contributed by atoms with E-state index in [1.807, 2.05) is 13.0 Å². The minimum atomic E-state index is -4.80. The second-order valence-electron chi connectivity index (χ2n) is 9.13. The number of alkyl halides is 3. The number of aliphatic carboxylic acids is 1. The fourth-order valence-corrected chi connectivity index (χ4v) is 4.89. The Morgan fingerprint density at radius 2 is 1.98 bits per heavy atom. The molecular weight excluding hydrogens is 555 g/mol. The van der Waals surface area contributed by atoms with E-state index in [9.17, 15) is 18.0 Å². The Hall–Kier alpha value is -3.97. The zero-order valence-corrected chi connectivity index (χ0v) is 22.0. The zero-order valence-electron chi connectivity index (χ0n) is 21.3. The van der Waals surface area contributed by atoms with E-state index < -0.39 is 30.2 Å². The van der Waals surface area contributed by atoms with Crippen LogP contribution in [0, 0.1) is 6.92 Å². The topological polar surface area (TPSA) is 125 Å². The summed E-state index contributed by atoms with van der Waals surface area (Å²) in [5.41, 5.74) is 2.00. The molecule has 0 aliphatic carbocycles. The average molecular weight is 578 g/mol. The Kier molecular flexibility index (Phi) is 7.51. The highest BCUT2D eigenvalue weighted by Gasteiger charge is 2.43. The Labute approximate surface area is 230 Å². The van der Waals surface area contributed by atoms with Crippen LogP contribution in [-0.2, 0) is 28.5 Å². The fourth-order valence-electron chi connectivity index (χ4n) is 4.71. The number of halogens is 4. The minimum absolute atomic E-state index is 0.0476. The number of ether oxygens (including phenoxy) is 2. The van der Waals surface area contributed by atoms with Crippen LogP contribution in [0.3, 0.4) is 0 Å². The molecule has 0 spiro atoms. The maximum atomic E-state index is 14.1. The molecule has 0 saturated heterocycles. The van der Waals surface area contributed by atoms with Gasteiger partial charge in [0, 0.05) is 23.4 Å². The highest BCUT2D eigenvalue weighted by Crippen LogP contribution is 2.45. The van der Waals surface area contributed by atoms with Crippen LogP contribution in [0.4, 0.5) is 13.2 Å². The molecular formula is C26H23ClF3N5O5.